The van der Waals surface area contributed by atoms with Gasteiger partial charge in [-0.1, -0.05) is 6.92 Å². The summed E-state index contributed by atoms with van der Waals surface area (Å²) in [6.07, 6.45) is 4.80. The predicted molar refractivity (Wildman–Crippen MR) is 89.8 cm³/mol. The van der Waals surface area contributed by atoms with Gasteiger partial charge in [-0.2, -0.15) is 0 Å². The molecule has 1 N–H and O–H groups in total. The fourth-order valence-corrected chi connectivity index (χ4v) is 3.71. The van der Waals surface area contributed by atoms with Crippen LogP contribution in [-0.4, -0.2) is 31.5 Å². The van der Waals surface area contributed by atoms with Gasteiger partial charge in [-0.15, -0.1) is 0 Å². The number of anilines is 2. The minimum absolute atomic E-state index is 0.124. The van der Waals surface area contributed by atoms with Crippen molar-refractivity contribution in [2.24, 2.45) is 5.92 Å². The van der Waals surface area contributed by atoms with Crippen LogP contribution in [0.1, 0.15) is 19.8 Å². The van der Waals surface area contributed by atoms with Crippen LogP contribution in [0.15, 0.2) is 35.5 Å². The molecule has 0 bridgehead atoms. The van der Waals surface area contributed by atoms with Gasteiger partial charge >= 0.3 is 0 Å². The second kappa shape index (κ2) is 6.91. The standard InChI is InChI=1S/C16H18F2N4O2S/c1-11-2-4-22(5-3-11)16-19-9-14(10-20-16)21-25(23,24)15-7-12(17)6-13(18)8-15/h6-11,21H,2-5H2,1H3. The van der Waals surface area contributed by atoms with E-state index in [-0.39, 0.29) is 5.69 Å². The van der Waals surface area contributed by atoms with Gasteiger partial charge in [0, 0.05) is 19.2 Å². The molecule has 0 spiro atoms. The third-order valence-corrected chi connectivity index (χ3v) is 5.46. The highest BCUT2D eigenvalue weighted by molar-refractivity contribution is 7.92. The number of rotatable bonds is 4. The maximum absolute atomic E-state index is 13.2. The molecule has 1 aliphatic heterocycles. The lowest BCUT2D eigenvalue weighted by atomic mass is 10.00. The fraction of sp³-hybridized carbons (Fsp3) is 0.375. The lowest BCUT2D eigenvalue weighted by Crippen LogP contribution is -2.34. The SMILES string of the molecule is CC1CCN(c2ncc(NS(=O)(=O)c3cc(F)cc(F)c3)cn2)CC1. The molecule has 0 radical (unpaired) electrons. The number of sulfonamides is 1. The second-order valence-corrected chi connectivity index (χ2v) is 7.83. The van der Waals surface area contributed by atoms with Gasteiger partial charge in [-0.05, 0) is 30.9 Å². The maximum atomic E-state index is 13.2. The van der Waals surface area contributed by atoms with Gasteiger partial charge in [0.1, 0.15) is 11.6 Å². The molecule has 9 heteroatoms. The molecule has 1 aromatic heterocycles. The molecular formula is C16H18F2N4O2S. The first-order valence-corrected chi connectivity index (χ1v) is 9.38. The van der Waals surface area contributed by atoms with Gasteiger partial charge in [0.2, 0.25) is 5.95 Å². The molecule has 1 aliphatic rings. The number of aromatic nitrogens is 2. The highest BCUT2D eigenvalue weighted by atomic mass is 32.2. The fourth-order valence-electron chi connectivity index (χ4n) is 2.64. The Morgan fingerprint density at radius 3 is 2.20 bits per heavy atom. The minimum Gasteiger partial charge on any atom is -0.341 e. The molecule has 3 rings (SSSR count). The van der Waals surface area contributed by atoms with E-state index in [9.17, 15) is 17.2 Å². The molecule has 6 nitrogen and oxygen atoms in total. The van der Waals surface area contributed by atoms with Crippen molar-refractivity contribution in [3.05, 3.63) is 42.2 Å². The molecule has 2 aromatic rings. The average molecular weight is 368 g/mol. The van der Waals surface area contributed by atoms with Crippen molar-refractivity contribution in [2.45, 2.75) is 24.7 Å². The van der Waals surface area contributed by atoms with Crippen LogP contribution in [0, 0.1) is 17.6 Å². The Morgan fingerprint density at radius 1 is 1.08 bits per heavy atom. The van der Waals surface area contributed by atoms with Crippen molar-refractivity contribution in [1.29, 1.82) is 0 Å². The third-order valence-electron chi connectivity index (χ3n) is 4.10. The van der Waals surface area contributed by atoms with E-state index in [1.165, 1.54) is 12.4 Å². The van der Waals surface area contributed by atoms with E-state index in [4.69, 9.17) is 0 Å². The quantitative estimate of drug-likeness (QED) is 0.898. The van der Waals surface area contributed by atoms with E-state index >= 15 is 0 Å². The van der Waals surface area contributed by atoms with Crippen LogP contribution in [0.5, 0.6) is 0 Å². The van der Waals surface area contributed by atoms with Crippen LogP contribution in [-0.2, 0) is 10.0 Å². The summed E-state index contributed by atoms with van der Waals surface area (Å²) in [5.41, 5.74) is 0.124. The monoisotopic (exact) mass is 368 g/mol. The molecule has 25 heavy (non-hydrogen) atoms. The summed E-state index contributed by atoms with van der Waals surface area (Å²) in [6, 6.07) is 2.10. The van der Waals surface area contributed by atoms with Gasteiger partial charge in [0.15, 0.2) is 0 Å². The van der Waals surface area contributed by atoms with Gasteiger partial charge in [-0.25, -0.2) is 27.2 Å². The van der Waals surface area contributed by atoms with Crippen LogP contribution in [0.2, 0.25) is 0 Å². The number of piperidine rings is 1. The number of hydrogen-bond donors (Lipinski definition) is 1. The Hall–Kier alpha value is -2.29. The number of hydrogen-bond acceptors (Lipinski definition) is 5. The van der Waals surface area contributed by atoms with Crippen molar-refractivity contribution in [2.75, 3.05) is 22.7 Å². The molecule has 0 saturated carbocycles. The summed E-state index contributed by atoms with van der Waals surface area (Å²) in [5.74, 6) is -0.724. The molecule has 1 saturated heterocycles. The molecule has 1 fully saturated rings. The number of halogens is 2. The van der Waals surface area contributed by atoms with Gasteiger partial charge in [0.25, 0.3) is 10.0 Å². The number of benzene rings is 1. The van der Waals surface area contributed by atoms with Crippen molar-refractivity contribution >= 4 is 21.7 Å². The van der Waals surface area contributed by atoms with Crippen molar-refractivity contribution in [3.63, 3.8) is 0 Å². The highest BCUT2D eigenvalue weighted by Gasteiger charge is 2.19. The van der Waals surface area contributed by atoms with E-state index in [0.29, 0.717) is 17.9 Å². The largest absolute Gasteiger partial charge is 0.341 e. The Kier molecular flexibility index (Phi) is 4.85. The lowest BCUT2D eigenvalue weighted by molar-refractivity contribution is 0.434. The summed E-state index contributed by atoms with van der Waals surface area (Å²) in [7, 11) is -4.13. The Labute approximate surface area is 145 Å². The summed E-state index contributed by atoms with van der Waals surface area (Å²) < 4.78 is 53.1. The minimum atomic E-state index is -4.13. The smallest absolute Gasteiger partial charge is 0.262 e. The molecule has 1 aromatic carbocycles. The number of nitrogens with one attached hydrogen (secondary N) is 1. The molecular weight excluding hydrogens is 350 g/mol. The van der Waals surface area contributed by atoms with E-state index in [0.717, 1.165) is 38.1 Å². The average Bonchev–Trinajstić information content (AvgIpc) is 2.55. The van der Waals surface area contributed by atoms with Gasteiger partial charge in [-0.3, -0.25) is 4.72 Å². The van der Waals surface area contributed by atoms with Crippen molar-refractivity contribution in [1.82, 2.24) is 9.97 Å². The third kappa shape index (κ3) is 4.22. The normalized spacial score (nSPS) is 16.0. The summed E-state index contributed by atoms with van der Waals surface area (Å²) >= 11 is 0. The van der Waals surface area contributed by atoms with E-state index in [2.05, 4.69) is 21.6 Å². The van der Waals surface area contributed by atoms with Crippen molar-refractivity contribution in [3.8, 4) is 0 Å². The number of nitrogens with zero attached hydrogens (tertiary/aromatic N) is 3. The Balaban J connectivity index is 1.74. The Bertz CT molecular complexity index is 831. The van der Waals surface area contributed by atoms with Gasteiger partial charge in [0.05, 0.1) is 23.0 Å². The zero-order valence-corrected chi connectivity index (χ0v) is 14.4. The molecule has 0 amide bonds. The van der Waals surface area contributed by atoms with Crippen LogP contribution in [0.3, 0.4) is 0 Å². The second-order valence-electron chi connectivity index (χ2n) is 6.15. The summed E-state index contributed by atoms with van der Waals surface area (Å²) in [5, 5.41) is 0. The summed E-state index contributed by atoms with van der Waals surface area (Å²) in [4.78, 5) is 9.90. The Morgan fingerprint density at radius 2 is 1.64 bits per heavy atom. The van der Waals surface area contributed by atoms with Crippen LogP contribution >= 0.6 is 0 Å². The molecule has 134 valence electrons. The van der Waals surface area contributed by atoms with E-state index in [1.54, 1.807) is 0 Å². The molecule has 2 heterocycles. The highest BCUT2D eigenvalue weighted by Crippen LogP contribution is 2.21. The van der Waals surface area contributed by atoms with Crippen LogP contribution < -0.4 is 9.62 Å². The first-order valence-electron chi connectivity index (χ1n) is 7.89. The molecule has 0 aliphatic carbocycles. The first-order chi connectivity index (χ1) is 11.8. The first kappa shape index (κ1) is 17.5. The zero-order chi connectivity index (χ0) is 18.0. The summed E-state index contributed by atoms with van der Waals surface area (Å²) in [6.45, 7) is 3.91. The predicted octanol–water partition coefficient (Wildman–Crippen LogP) is 2.79. The van der Waals surface area contributed by atoms with Crippen molar-refractivity contribution < 1.29 is 17.2 Å². The zero-order valence-electron chi connectivity index (χ0n) is 13.6. The van der Waals surface area contributed by atoms with E-state index < -0.39 is 26.6 Å². The molecule has 0 atom stereocenters. The van der Waals surface area contributed by atoms with Crippen LogP contribution in [0.25, 0.3) is 0 Å². The molecule has 0 unspecified atom stereocenters. The maximum Gasteiger partial charge on any atom is 0.262 e. The topological polar surface area (TPSA) is 75.2 Å². The lowest BCUT2D eigenvalue weighted by Gasteiger charge is -2.30. The van der Waals surface area contributed by atoms with Gasteiger partial charge < -0.3 is 4.90 Å². The van der Waals surface area contributed by atoms with Crippen LogP contribution in [0.4, 0.5) is 20.4 Å². The van der Waals surface area contributed by atoms with E-state index in [1.807, 2.05) is 4.90 Å².